The van der Waals surface area contributed by atoms with Crippen molar-refractivity contribution in [2.45, 2.75) is 6.92 Å². The summed E-state index contributed by atoms with van der Waals surface area (Å²) in [4.78, 5) is 2.31. The van der Waals surface area contributed by atoms with Gasteiger partial charge in [0.2, 0.25) is 0 Å². The SMILES string of the molecule is Cc1ccc(N(CCS)CCS)cc1. The van der Waals surface area contributed by atoms with Crippen molar-refractivity contribution in [2.24, 2.45) is 0 Å². The highest BCUT2D eigenvalue weighted by molar-refractivity contribution is 7.80. The Kier molecular flexibility index (Phi) is 5.26. The molecule has 0 saturated heterocycles. The van der Waals surface area contributed by atoms with E-state index in [1.54, 1.807) is 0 Å². The van der Waals surface area contributed by atoms with Crippen LogP contribution in [0.25, 0.3) is 0 Å². The van der Waals surface area contributed by atoms with Gasteiger partial charge in [0.1, 0.15) is 0 Å². The maximum absolute atomic E-state index is 4.26. The third kappa shape index (κ3) is 3.46. The monoisotopic (exact) mass is 227 g/mol. The lowest BCUT2D eigenvalue weighted by Gasteiger charge is -2.23. The van der Waals surface area contributed by atoms with E-state index in [9.17, 15) is 0 Å². The highest BCUT2D eigenvalue weighted by atomic mass is 32.1. The van der Waals surface area contributed by atoms with Gasteiger partial charge >= 0.3 is 0 Å². The molecule has 0 radical (unpaired) electrons. The first-order chi connectivity index (χ1) is 6.77. The van der Waals surface area contributed by atoms with Crippen LogP contribution in [0.1, 0.15) is 5.56 Å². The first kappa shape index (κ1) is 11.8. The maximum atomic E-state index is 4.26. The van der Waals surface area contributed by atoms with Gasteiger partial charge in [-0.15, -0.1) is 0 Å². The molecule has 0 aliphatic carbocycles. The largest absolute Gasteiger partial charge is 0.370 e. The Bertz CT molecular complexity index is 252. The van der Waals surface area contributed by atoms with E-state index in [0.29, 0.717) is 0 Å². The zero-order valence-electron chi connectivity index (χ0n) is 8.48. The van der Waals surface area contributed by atoms with Crippen LogP contribution in [0.2, 0.25) is 0 Å². The van der Waals surface area contributed by atoms with E-state index in [-0.39, 0.29) is 0 Å². The summed E-state index contributed by atoms with van der Waals surface area (Å²) in [7, 11) is 0. The topological polar surface area (TPSA) is 3.24 Å². The van der Waals surface area contributed by atoms with Gasteiger partial charge in [-0.1, -0.05) is 17.7 Å². The Labute approximate surface area is 97.3 Å². The number of nitrogens with zero attached hydrogens (tertiary/aromatic N) is 1. The van der Waals surface area contributed by atoms with E-state index in [1.807, 2.05) is 0 Å². The van der Waals surface area contributed by atoms with Crippen molar-refractivity contribution < 1.29 is 0 Å². The molecule has 1 rings (SSSR count). The second-order valence-electron chi connectivity index (χ2n) is 3.27. The average Bonchev–Trinajstić information content (AvgIpc) is 2.19. The molecule has 78 valence electrons. The molecule has 0 aliphatic rings. The van der Waals surface area contributed by atoms with Gasteiger partial charge < -0.3 is 4.90 Å². The number of rotatable bonds is 5. The summed E-state index contributed by atoms with van der Waals surface area (Å²) >= 11 is 8.51. The first-order valence-electron chi connectivity index (χ1n) is 4.81. The van der Waals surface area contributed by atoms with Gasteiger partial charge in [0.25, 0.3) is 0 Å². The zero-order valence-corrected chi connectivity index (χ0v) is 10.3. The highest BCUT2D eigenvalue weighted by Crippen LogP contribution is 2.14. The molecule has 0 saturated carbocycles. The average molecular weight is 227 g/mol. The Morgan fingerprint density at radius 3 is 1.93 bits per heavy atom. The van der Waals surface area contributed by atoms with Crippen LogP contribution in [0.5, 0.6) is 0 Å². The fraction of sp³-hybridized carbons (Fsp3) is 0.455. The molecule has 0 heterocycles. The normalized spacial score (nSPS) is 10.2. The van der Waals surface area contributed by atoms with Crippen molar-refractivity contribution in [2.75, 3.05) is 29.5 Å². The Hall–Kier alpha value is -0.280. The molecule has 1 nitrogen and oxygen atoms in total. The summed E-state index contributed by atoms with van der Waals surface area (Å²) in [6, 6.07) is 8.59. The Morgan fingerprint density at radius 1 is 1.00 bits per heavy atom. The predicted octanol–water partition coefficient (Wildman–Crippen LogP) is 2.66. The molecule has 0 atom stereocenters. The third-order valence-corrected chi connectivity index (χ3v) is 2.54. The summed E-state index contributed by atoms with van der Waals surface area (Å²) in [6.07, 6.45) is 0. The number of aryl methyl sites for hydroxylation is 1. The molecule has 0 bridgehead atoms. The van der Waals surface area contributed by atoms with E-state index in [1.165, 1.54) is 11.3 Å². The number of benzene rings is 1. The zero-order chi connectivity index (χ0) is 10.4. The molecule has 0 aromatic heterocycles. The lowest BCUT2D eigenvalue weighted by Crippen LogP contribution is -2.27. The van der Waals surface area contributed by atoms with E-state index >= 15 is 0 Å². The smallest absolute Gasteiger partial charge is 0.0366 e. The van der Waals surface area contributed by atoms with Crippen LogP contribution in [-0.4, -0.2) is 24.6 Å². The van der Waals surface area contributed by atoms with E-state index < -0.39 is 0 Å². The summed E-state index contributed by atoms with van der Waals surface area (Å²) in [6.45, 7) is 4.06. The minimum absolute atomic E-state index is 0.877. The highest BCUT2D eigenvalue weighted by Gasteiger charge is 2.03. The second-order valence-corrected chi connectivity index (χ2v) is 4.16. The van der Waals surface area contributed by atoms with Crippen molar-refractivity contribution >= 4 is 30.9 Å². The van der Waals surface area contributed by atoms with Crippen LogP contribution in [-0.2, 0) is 0 Å². The van der Waals surface area contributed by atoms with Crippen LogP contribution in [0.15, 0.2) is 24.3 Å². The molecule has 14 heavy (non-hydrogen) atoms. The van der Waals surface area contributed by atoms with Crippen LogP contribution < -0.4 is 4.90 Å². The number of hydrogen-bond donors (Lipinski definition) is 2. The fourth-order valence-electron chi connectivity index (χ4n) is 1.37. The summed E-state index contributed by atoms with van der Waals surface area (Å²) < 4.78 is 0. The molecule has 0 fully saturated rings. The number of anilines is 1. The fourth-order valence-corrected chi connectivity index (χ4v) is 1.85. The lowest BCUT2D eigenvalue weighted by atomic mass is 10.2. The van der Waals surface area contributed by atoms with Crippen molar-refractivity contribution in [1.29, 1.82) is 0 Å². The number of hydrogen-bond acceptors (Lipinski definition) is 3. The van der Waals surface area contributed by atoms with E-state index in [0.717, 1.165) is 24.6 Å². The minimum atomic E-state index is 0.877. The van der Waals surface area contributed by atoms with Gasteiger partial charge in [0.15, 0.2) is 0 Å². The van der Waals surface area contributed by atoms with Gasteiger partial charge in [-0.05, 0) is 19.1 Å². The third-order valence-electron chi connectivity index (χ3n) is 2.14. The lowest BCUT2D eigenvalue weighted by molar-refractivity contribution is 0.881. The van der Waals surface area contributed by atoms with Crippen LogP contribution in [0.3, 0.4) is 0 Å². The molecule has 0 aliphatic heterocycles. The molecule has 0 unspecified atom stereocenters. The van der Waals surface area contributed by atoms with Crippen LogP contribution in [0, 0.1) is 6.92 Å². The molecular weight excluding hydrogens is 210 g/mol. The molecule has 1 aromatic carbocycles. The molecule has 3 heteroatoms. The molecule has 1 aromatic rings. The van der Waals surface area contributed by atoms with Crippen molar-refractivity contribution in [3.63, 3.8) is 0 Å². The minimum Gasteiger partial charge on any atom is -0.370 e. The molecule has 0 spiro atoms. The van der Waals surface area contributed by atoms with Gasteiger partial charge in [-0.3, -0.25) is 0 Å². The summed E-state index contributed by atoms with van der Waals surface area (Å²) in [5.41, 5.74) is 2.56. The van der Waals surface area contributed by atoms with Gasteiger partial charge in [-0.25, -0.2) is 0 Å². The second kappa shape index (κ2) is 6.25. The quantitative estimate of drug-likeness (QED) is 0.732. The van der Waals surface area contributed by atoms with Gasteiger partial charge in [-0.2, -0.15) is 25.3 Å². The Morgan fingerprint density at radius 2 is 1.50 bits per heavy atom. The summed E-state index contributed by atoms with van der Waals surface area (Å²) in [5, 5.41) is 0. The van der Waals surface area contributed by atoms with E-state index in [4.69, 9.17) is 0 Å². The predicted molar refractivity (Wildman–Crippen MR) is 71.1 cm³/mol. The summed E-state index contributed by atoms with van der Waals surface area (Å²) in [5.74, 6) is 1.75. The van der Waals surface area contributed by atoms with Crippen molar-refractivity contribution in [3.8, 4) is 0 Å². The van der Waals surface area contributed by atoms with E-state index in [2.05, 4.69) is 61.3 Å². The van der Waals surface area contributed by atoms with Crippen LogP contribution >= 0.6 is 25.3 Å². The standard InChI is InChI=1S/C11H17NS2/c1-10-2-4-11(5-3-10)12(6-8-13)7-9-14/h2-5,13-14H,6-9H2,1H3. The van der Waals surface area contributed by atoms with Gasteiger partial charge in [0.05, 0.1) is 0 Å². The van der Waals surface area contributed by atoms with Crippen molar-refractivity contribution in [3.05, 3.63) is 29.8 Å². The maximum Gasteiger partial charge on any atom is 0.0366 e. The molecular formula is C11H17NS2. The van der Waals surface area contributed by atoms with Crippen molar-refractivity contribution in [1.82, 2.24) is 0 Å². The molecule has 0 amide bonds. The first-order valence-corrected chi connectivity index (χ1v) is 6.07. The Balaban J connectivity index is 2.71. The number of thiol groups is 2. The molecule has 0 N–H and O–H groups in total. The van der Waals surface area contributed by atoms with Gasteiger partial charge in [0, 0.05) is 30.3 Å². The van der Waals surface area contributed by atoms with Crippen LogP contribution in [0.4, 0.5) is 5.69 Å².